The Morgan fingerprint density at radius 2 is 2.21 bits per heavy atom. The van der Waals surface area contributed by atoms with Crippen molar-refractivity contribution in [3.8, 4) is 0 Å². The molecule has 104 valence electrons. The van der Waals surface area contributed by atoms with E-state index in [9.17, 15) is 13.2 Å². The first-order valence-corrected chi connectivity index (χ1v) is 9.36. The molecule has 1 aromatic heterocycles. The number of nitrogens with zero attached hydrogens (tertiary/aromatic N) is 1. The van der Waals surface area contributed by atoms with E-state index in [1.807, 2.05) is 10.3 Å². The topological polar surface area (TPSA) is 54.5 Å². The number of amides is 1. The van der Waals surface area contributed by atoms with Crippen LogP contribution < -0.4 is 0 Å². The highest BCUT2D eigenvalue weighted by molar-refractivity contribution is 7.91. The van der Waals surface area contributed by atoms with Crippen LogP contribution in [0.25, 0.3) is 0 Å². The fourth-order valence-corrected chi connectivity index (χ4v) is 5.51. The van der Waals surface area contributed by atoms with Crippen molar-refractivity contribution in [2.75, 3.05) is 18.1 Å². The van der Waals surface area contributed by atoms with Gasteiger partial charge in [0.05, 0.1) is 23.5 Å². The number of sulfone groups is 1. The molecule has 4 nitrogen and oxygen atoms in total. The molecule has 0 aliphatic carbocycles. The van der Waals surface area contributed by atoms with Crippen molar-refractivity contribution in [1.29, 1.82) is 0 Å². The Morgan fingerprint density at radius 1 is 1.37 bits per heavy atom. The van der Waals surface area contributed by atoms with Gasteiger partial charge in [-0.15, -0.1) is 0 Å². The van der Waals surface area contributed by atoms with Gasteiger partial charge in [0, 0.05) is 6.54 Å². The second-order valence-electron chi connectivity index (χ2n) is 5.35. The van der Waals surface area contributed by atoms with Crippen LogP contribution in [0.4, 0.5) is 0 Å². The van der Waals surface area contributed by atoms with Crippen molar-refractivity contribution in [3.63, 3.8) is 0 Å². The van der Waals surface area contributed by atoms with E-state index in [2.05, 4.69) is 11.4 Å². The van der Waals surface area contributed by atoms with Gasteiger partial charge in [-0.2, -0.15) is 11.3 Å². The summed E-state index contributed by atoms with van der Waals surface area (Å²) in [5.41, 5.74) is 1.19. The van der Waals surface area contributed by atoms with E-state index >= 15 is 0 Å². The summed E-state index contributed by atoms with van der Waals surface area (Å²) in [4.78, 5) is 14.4. The predicted molar refractivity (Wildman–Crippen MR) is 74.8 cm³/mol. The molecule has 0 unspecified atom stereocenters. The first kappa shape index (κ1) is 13.1. The van der Waals surface area contributed by atoms with Crippen molar-refractivity contribution in [2.45, 2.75) is 25.3 Å². The number of thiophene rings is 1. The van der Waals surface area contributed by atoms with Gasteiger partial charge < -0.3 is 4.90 Å². The molecule has 0 aromatic carbocycles. The van der Waals surface area contributed by atoms with Gasteiger partial charge in [-0.3, -0.25) is 4.79 Å². The summed E-state index contributed by atoms with van der Waals surface area (Å²) in [5, 5.41) is 4.11. The fourth-order valence-electron chi connectivity index (χ4n) is 3.07. The summed E-state index contributed by atoms with van der Waals surface area (Å²) in [7, 11) is -2.99. The Morgan fingerprint density at radius 3 is 2.84 bits per heavy atom. The molecule has 2 aliphatic heterocycles. The Hall–Kier alpha value is -0.880. The quantitative estimate of drug-likeness (QED) is 0.837. The molecule has 1 aromatic rings. The van der Waals surface area contributed by atoms with Crippen LogP contribution in [-0.2, 0) is 14.6 Å². The molecule has 1 amide bonds. The minimum absolute atomic E-state index is 0.0368. The van der Waals surface area contributed by atoms with Gasteiger partial charge in [-0.1, -0.05) is 0 Å². The number of rotatable bonds is 2. The van der Waals surface area contributed by atoms with Gasteiger partial charge in [0.2, 0.25) is 5.91 Å². The van der Waals surface area contributed by atoms with Gasteiger partial charge >= 0.3 is 0 Å². The van der Waals surface area contributed by atoms with Crippen LogP contribution in [-0.4, -0.2) is 37.3 Å². The zero-order chi connectivity index (χ0) is 13.5. The second kappa shape index (κ2) is 4.90. The highest BCUT2D eigenvalue weighted by Crippen LogP contribution is 2.35. The van der Waals surface area contributed by atoms with Crippen LogP contribution in [0.2, 0.25) is 0 Å². The van der Waals surface area contributed by atoms with E-state index in [1.54, 1.807) is 11.3 Å². The minimum Gasteiger partial charge on any atom is -0.335 e. The summed E-state index contributed by atoms with van der Waals surface area (Å²) in [6.07, 6.45) is 2.49. The molecular formula is C13H17NO3S2. The summed E-state index contributed by atoms with van der Waals surface area (Å²) in [5.74, 6) is -0.0713. The number of hydrogen-bond donors (Lipinski definition) is 0. The summed E-state index contributed by atoms with van der Waals surface area (Å²) < 4.78 is 23.0. The fraction of sp³-hybridized carbons (Fsp3) is 0.615. The molecule has 2 fully saturated rings. The van der Waals surface area contributed by atoms with Crippen molar-refractivity contribution in [1.82, 2.24) is 4.90 Å². The number of carbonyl (C=O) groups is 1. The smallest absolute Gasteiger partial charge is 0.227 e. The summed E-state index contributed by atoms with van der Waals surface area (Å²) in [6.45, 7) is 0.760. The maximum atomic E-state index is 12.5. The van der Waals surface area contributed by atoms with Crippen molar-refractivity contribution < 1.29 is 13.2 Å². The monoisotopic (exact) mass is 299 g/mol. The number of likely N-dealkylation sites (tertiary alicyclic amines) is 1. The maximum absolute atomic E-state index is 12.5. The van der Waals surface area contributed by atoms with Crippen LogP contribution >= 0.6 is 11.3 Å². The molecule has 0 radical (unpaired) electrons. The maximum Gasteiger partial charge on any atom is 0.227 e. The highest BCUT2D eigenvalue weighted by atomic mass is 32.2. The molecule has 3 rings (SSSR count). The molecule has 0 bridgehead atoms. The van der Waals surface area contributed by atoms with Crippen LogP contribution in [0.3, 0.4) is 0 Å². The average Bonchev–Trinajstić information content (AvgIpc) is 3.06. The third-order valence-corrected chi connectivity index (χ3v) is 6.51. The van der Waals surface area contributed by atoms with Crippen LogP contribution in [0.15, 0.2) is 16.8 Å². The second-order valence-corrected chi connectivity index (χ2v) is 8.36. The SMILES string of the molecule is O=C([C@H]1CCS(=O)(=O)C1)N1CCC[C@H]1c1ccsc1. The first-order valence-electron chi connectivity index (χ1n) is 6.60. The van der Waals surface area contributed by atoms with Gasteiger partial charge in [0.1, 0.15) is 0 Å². The molecule has 2 saturated heterocycles. The number of carbonyl (C=O) groups excluding carboxylic acids is 1. The van der Waals surface area contributed by atoms with Crippen LogP contribution in [0, 0.1) is 5.92 Å². The molecular weight excluding hydrogens is 282 g/mol. The zero-order valence-corrected chi connectivity index (χ0v) is 12.3. The van der Waals surface area contributed by atoms with Gasteiger partial charge in [0.25, 0.3) is 0 Å². The highest BCUT2D eigenvalue weighted by Gasteiger charge is 2.39. The molecule has 6 heteroatoms. The molecule has 0 spiro atoms. The molecule has 19 heavy (non-hydrogen) atoms. The Balaban J connectivity index is 1.76. The van der Waals surface area contributed by atoms with Gasteiger partial charge in [0.15, 0.2) is 9.84 Å². The standard InChI is InChI=1S/C13H17NO3S2/c15-13(11-4-7-19(16,17)9-11)14-5-1-2-12(14)10-3-6-18-8-10/h3,6,8,11-12H,1-2,4-5,7,9H2/t11-,12-/m0/s1. The zero-order valence-electron chi connectivity index (χ0n) is 10.6. The molecule has 2 aliphatic rings. The lowest BCUT2D eigenvalue weighted by atomic mass is 10.0. The van der Waals surface area contributed by atoms with Crippen molar-refractivity contribution in [2.24, 2.45) is 5.92 Å². The summed E-state index contributed by atoms with van der Waals surface area (Å²) in [6, 6.07) is 2.22. The molecule has 2 atom stereocenters. The van der Waals surface area contributed by atoms with E-state index in [-0.39, 0.29) is 29.4 Å². The third kappa shape index (κ3) is 2.56. The number of hydrogen-bond acceptors (Lipinski definition) is 4. The van der Waals surface area contributed by atoms with E-state index in [4.69, 9.17) is 0 Å². The lowest BCUT2D eigenvalue weighted by Gasteiger charge is -2.26. The Labute approximate surface area is 117 Å². The van der Waals surface area contributed by atoms with Crippen molar-refractivity contribution >= 4 is 27.1 Å². The van der Waals surface area contributed by atoms with Crippen molar-refractivity contribution in [3.05, 3.63) is 22.4 Å². The van der Waals surface area contributed by atoms with E-state index in [1.165, 1.54) is 5.56 Å². The van der Waals surface area contributed by atoms with Crippen LogP contribution in [0.1, 0.15) is 30.9 Å². The molecule has 3 heterocycles. The largest absolute Gasteiger partial charge is 0.335 e. The predicted octanol–water partition coefficient (Wildman–Crippen LogP) is 1.85. The van der Waals surface area contributed by atoms with E-state index in [0.29, 0.717) is 6.42 Å². The minimum atomic E-state index is -2.99. The normalized spacial score (nSPS) is 29.8. The van der Waals surface area contributed by atoms with Gasteiger partial charge in [-0.25, -0.2) is 8.42 Å². The first-order chi connectivity index (χ1) is 9.07. The lowest BCUT2D eigenvalue weighted by molar-refractivity contribution is -0.135. The molecule has 0 saturated carbocycles. The Kier molecular flexibility index (Phi) is 3.39. The summed E-state index contributed by atoms with van der Waals surface area (Å²) >= 11 is 1.64. The van der Waals surface area contributed by atoms with Crippen LogP contribution in [0.5, 0.6) is 0 Å². The molecule has 0 N–H and O–H groups in total. The third-order valence-electron chi connectivity index (χ3n) is 4.05. The lowest BCUT2D eigenvalue weighted by Crippen LogP contribution is -2.36. The average molecular weight is 299 g/mol. The van der Waals surface area contributed by atoms with E-state index in [0.717, 1.165) is 19.4 Å². The Bertz CT molecular complexity index is 565. The van der Waals surface area contributed by atoms with E-state index < -0.39 is 9.84 Å². The van der Waals surface area contributed by atoms with Gasteiger partial charge in [-0.05, 0) is 41.7 Å².